The molecule has 96 valence electrons. The van der Waals surface area contributed by atoms with Gasteiger partial charge in [-0.15, -0.1) is 0 Å². The molecule has 2 aromatic carbocycles. The molecule has 0 fully saturated rings. The number of urea groups is 1. The van der Waals surface area contributed by atoms with Crippen LogP contribution in [0.5, 0.6) is 0 Å². The smallest absolute Gasteiger partial charge is 0.314 e. The fourth-order valence-electron chi connectivity index (χ4n) is 1.50. The van der Waals surface area contributed by atoms with Gasteiger partial charge in [-0.3, -0.25) is 0 Å². The molecule has 4 heteroatoms. The van der Waals surface area contributed by atoms with E-state index in [1.807, 2.05) is 36.4 Å². The van der Waals surface area contributed by atoms with E-state index in [0.29, 0.717) is 10.7 Å². The molecule has 0 aliphatic carbocycles. The first-order valence-corrected chi connectivity index (χ1v) is 6.17. The molecule has 0 bridgehead atoms. The van der Waals surface area contributed by atoms with E-state index < -0.39 is 0 Å². The molecule has 0 aromatic heterocycles. The first-order chi connectivity index (χ1) is 9.25. The Morgan fingerprint density at radius 3 is 2.42 bits per heavy atom. The summed E-state index contributed by atoms with van der Waals surface area (Å²) in [5, 5.41) is 5.79. The van der Waals surface area contributed by atoms with Crippen LogP contribution in [0, 0.1) is 0 Å². The molecular weight excluding hydrogens is 260 g/mol. The Bertz CT molecular complexity index is 582. The summed E-state index contributed by atoms with van der Waals surface area (Å²) in [5.41, 5.74) is 1.59. The predicted molar refractivity (Wildman–Crippen MR) is 79.1 cm³/mol. The minimum atomic E-state index is -0.333. The van der Waals surface area contributed by atoms with Crippen LogP contribution in [0.3, 0.4) is 0 Å². The van der Waals surface area contributed by atoms with Gasteiger partial charge >= 0.3 is 6.03 Å². The number of hydrogen-bond acceptors (Lipinski definition) is 1. The second kappa shape index (κ2) is 6.61. The van der Waals surface area contributed by atoms with E-state index in [9.17, 15) is 4.79 Å². The number of para-hydroxylation sites is 1. The summed E-state index contributed by atoms with van der Waals surface area (Å²) in [5.74, 6) is 0. The normalized spacial score (nSPS) is 10.4. The van der Waals surface area contributed by atoms with Crippen LogP contribution in [0.1, 0.15) is 5.56 Å². The van der Waals surface area contributed by atoms with Crippen LogP contribution in [0.25, 0.3) is 6.08 Å². The van der Waals surface area contributed by atoms with Crippen molar-refractivity contribution < 1.29 is 4.79 Å². The van der Waals surface area contributed by atoms with Crippen molar-refractivity contribution in [3.05, 3.63) is 71.4 Å². The zero-order valence-corrected chi connectivity index (χ0v) is 10.9. The lowest BCUT2D eigenvalue weighted by atomic mass is 10.2. The summed E-state index contributed by atoms with van der Waals surface area (Å²) in [6, 6.07) is 16.4. The first-order valence-electron chi connectivity index (χ1n) is 5.79. The number of halogens is 1. The van der Waals surface area contributed by atoms with E-state index in [1.54, 1.807) is 30.5 Å². The topological polar surface area (TPSA) is 41.1 Å². The molecule has 0 radical (unpaired) electrons. The van der Waals surface area contributed by atoms with Crippen LogP contribution in [0.2, 0.25) is 5.02 Å². The minimum Gasteiger partial charge on any atom is -0.314 e. The van der Waals surface area contributed by atoms with Gasteiger partial charge in [0.05, 0.1) is 10.7 Å². The van der Waals surface area contributed by atoms with Crippen LogP contribution in [-0.2, 0) is 0 Å². The molecule has 0 saturated carbocycles. The summed E-state index contributed by atoms with van der Waals surface area (Å²) in [7, 11) is 0. The molecule has 0 aliphatic rings. The van der Waals surface area contributed by atoms with Gasteiger partial charge in [0.1, 0.15) is 0 Å². The highest BCUT2D eigenvalue weighted by molar-refractivity contribution is 6.33. The first kappa shape index (κ1) is 13.2. The largest absolute Gasteiger partial charge is 0.323 e. The second-order valence-corrected chi connectivity index (χ2v) is 4.23. The van der Waals surface area contributed by atoms with Crippen molar-refractivity contribution in [3.8, 4) is 0 Å². The SMILES string of the molecule is O=C(N/C=C/c1ccccc1)Nc1ccccc1Cl. The van der Waals surface area contributed by atoms with Crippen molar-refractivity contribution in [2.75, 3.05) is 5.32 Å². The van der Waals surface area contributed by atoms with Gasteiger partial charge in [-0.25, -0.2) is 4.79 Å². The van der Waals surface area contributed by atoms with Crippen molar-refractivity contribution in [2.45, 2.75) is 0 Å². The molecule has 0 saturated heterocycles. The van der Waals surface area contributed by atoms with Crippen molar-refractivity contribution in [1.82, 2.24) is 5.32 Å². The lowest BCUT2D eigenvalue weighted by Crippen LogP contribution is -2.23. The van der Waals surface area contributed by atoms with Crippen LogP contribution >= 0.6 is 11.6 Å². The fraction of sp³-hybridized carbons (Fsp3) is 0. The van der Waals surface area contributed by atoms with Gasteiger partial charge in [0, 0.05) is 6.20 Å². The maximum atomic E-state index is 11.6. The van der Waals surface area contributed by atoms with Gasteiger partial charge in [-0.1, -0.05) is 54.1 Å². The third-order valence-corrected chi connectivity index (χ3v) is 2.74. The molecule has 0 heterocycles. The van der Waals surface area contributed by atoms with Crippen LogP contribution in [-0.4, -0.2) is 6.03 Å². The second-order valence-electron chi connectivity index (χ2n) is 3.82. The van der Waals surface area contributed by atoms with Crippen LogP contribution in [0.4, 0.5) is 10.5 Å². The molecule has 0 spiro atoms. The average molecular weight is 273 g/mol. The quantitative estimate of drug-likeness (QED) is 0.866. The van der Waals surface area contributed by atoms with E-state index in [1.165, 1.54) is 0 Å². The average Bonchev–Trinajstić information content (AvgIpc) is 2.43. The summed E-state index contributed by atoms with van der Waals surface area (Å²) in [6.45, 7) is 0. The highest BCUT2D eigenvalue weighted by atomic mass is 35.5. The van der Waals surface area contributed by atoms with E-state index >= 15 is 0 Å². The van der Waals surface area contributed by atoms with Crippen LogP contribution in [0.15, 0.2) is 60.8 Å². The Labute approximate surface area is 116 Å². The number of carbonyl (C=O) groups excluding carboxylic acids is 1. The Balaban J connectivity index is 1.89. The Morgan fingerprint density at radius 1 is 1.00 bits per heavy atom. The Morgan fingerprint density at radius 2 is 1.68 bits per heavy atom. The molecule has 0 atom stereocenters. The van der Waals surface area contributed by atoms with Gasteiger partial charge in [0.15, 0.2) is 0 Å². The predicted octanol–water partition coefficient (Wildman–Crippen LogP) is 4.13. The molecule has 2 rings (SSSR count). The number of nitrogens with one attached hydrogen (secondary N) is 2. The third kappa shape index (κ3) is 4.16. The van der Waals surface area contributed by atoms with E-state index in [2.05, 4.69) is 10.6 Å². The number of hydrogen-bond donors (Lipinski definition) is 2. The molecule has 3 nitrogen and oxygen atoms in total. The van der Waals surface area contributed by atoms with Crippen LogP contribution < -0.4 is 10.6 Å². The van der Waals surface area contributed by atoms with Crippen molar-refractivity contribution >= 4 is 29.4 Å². The third-order valence-electron chi connectivity index (χ3n) is 2.41. The van der Waals surface area contributed by atoms with E-state index in [0.717, 1.165) is 5.56 Å². The number of rotatable bonds is 3. The number of carbonyl (C=O) groups is 1. The molecule has 2 N–H and O–H groups in total. The molecule has 0 aliphatic heterocycles. The Hall–Kier alpha value is -2.26. The number of amides is 2. The number of benzene rings is 2. The molecule has 2 aromatic rings. The zero-order chi connectivity index (χ0) is 13.5. The highest BCUT2D eigenvalue weighted by Gasteiger charge is 2.02. The van der Waals surface area contributed by atoms with Crippen molar-refractivity contribution in [3.63, 3.8) is 0 Å². The maximum absolute atomic E-state index is 11.6. The lowest BCUT2D eigenvalue weighted by molar-refractivity contribution is 0.255. The van der Waals surface area contributed by atoms with Crippen molar-refractivity contribution in [1.29, 1.82) is 0 Å². The minimum absolute atomic E-state index is 0.333. The zero-order valence-electron chi connectivity index (χ0n) is 10.1. The van der Waals surface area contributed by atoms with Gasteiger partial charge in [-0.05, 0) is 23.8 Å². The Kier molecular flexibility index (Phi) is 4.59. The molecular formula is C15H13ClN2O. The van der Waals surface area contributed by atoms with Gasteiger partial charge in [0.2, 0.25) is 0 Å². The monoisotopic (exact) mass is 272 g/mol. The summed E-state index contributed by atoms with van der Waals surface area (Å²) < 4.78 is 0. The fourth-order valence-corrected chi connectivity index (χ4v) is 1.68. The van der Waals surface area contributed by atoms with Gasteiger partial charge in [-0.2, -0.15) is 0 Å². The lowest BCUT2D eigenvalue weighted by Gasteiger charge is -2.05. The van der Waals surface area contributed by atoms with E-state index in [-0.39, 0.29) is 6.03 Å². The number of anilines is 1. The van der Waals surface area contributed by atoms with E-state index in [4.69, 9.17) is 11.6 Å². The maximum Gasteiger partial charge on any atom is 0.323 e. The molecule has 19 heavy (non-hydrogen) atoms. The standard InChI is InChI=1S/C15H13ClN2O/c16-13-8-4-5-9-14(13)18-15(19)17-11-10-12-6-2-1-3-7-12/h1-11H,(H2,17,18,19)/b11-10+. The molecule has 0 unspecified atom stereocenters. The summed E-state index contributed by atoms with van der Waals surface area (Å²) in [4.78, 5) is 11.6. The summed E-state index contributed by atoms with van der Waals surface area (Å²) in [6.07, 6.45) is 3.40. The van der Waals surface area contributed by atoms with Gasteiger partial charge in [0.25, 0.3) is 0 Å². The highest BCUT2D eigenvalue weighted by Crippen LogP contribution is 2.19. The van der Waals surface area contributed by atoms with Crippen molar-refractivity contribution in [2.24, 2.45) is 0 Å². The van der Waals surface area contributed by atoms with Gasteiger partial charge < -0.3 is 10.6 Å². The molecule has 2 amide bonds. The summed E-state index contributed by atoms with van der Waals surface area (Å²) >= 11 is 5.94.